The van der Waals surface area contributed by atoms with Gasteiger partial charge >= 0.3 is 5.97 Å². The van der Waals surface area contributed by atoms with Crippen molar-refractivity contribution in [3.63, 3.8) is 0 Å². The van der Waals surface area contributed by atoms with E-state index in [1.54, 1.807) is 0 Å². The molecule has 0 aromatic rings. The van der Waals surface area contributed by atoms with Gasteiger partial charge in [0.25, 0.3) is 0 Å². The molecule has 1 rings (SSSR count). The van der Waals surface area contributed by atoms with E-state index in [2.05, 4.69) is 4.90 Å². The molecule has 0 bridgehead atoms. The number of rotatable bonds is 2. The maximum atomic E-state index is 11.2. The van der Waals surface area contributed by atoms with Gasteiger partial charge in [-0.15, -0.1) is 12.4 Å². The van der Waals surface area contributed by atoms with Crippen LogP contribution in [0.3, 0.4) is 0 Å². The number of esters is 1. The quantitative estimate of drug-likeness (QED) is 0.636. The normalized spacial score (nSPS) is 17.2. The van der Waals surface area contributed by atoms with E-state index in [1.807, 2.05) is 20.0 Å². The fourth-order valence-corrected chi connectivity index (χ4v) is 1.18. The summed E-state index contributed by atoms with van der Waals surface area (Å²) in [6.45, 7) is 4.10. The third kappa shape index (κ3) is 3.79. The van der Waals surface area contributed by atoms with Crippen molar-refractivity contribution in [3.8, 4) is 0 Å². The van der Waals surface area contributed by atoms with E-state index in [1.165, 1.54) is 0 Å². The van der Waals surface area contributed by atoms with Gasteiger partial charge in [-0.05, 0) is 20.4 Å². The average molecular weight is 206 g/mol. The Kier molecular flexibility index (Phi) is 5.75. The smallest absolute Gasteiger partial charge is 0.333 e. The lowest BCUT2D eigenvalue weighted by Gasteiger charge is -2.20. The maximum Gasteiger partial charge on any atom is 0.333 e. The van der Waals surface area contributed by atoms with Crippen molar-refractivity contribution in [3.05, 3.63) is 11.6 Å². The fraction of sp³-hybridized carbons (Fsp3) is 0.667. The Morgan fingerprint density at radius 3 is 2.85 bits per heavy atom. The van der Waals surface area contributed by atoms with Gasteiger partial charge in [0.2, 0.25) is 0 Å². The van der Waals surface area contributed by atoms with Crippen molar-refractivity contribution in [2.45, 2.75) is 13.3 Å². The number of carbonyl (C=O) groups is 1. The molecule has 3 nitrogen and oxygen atoms in total. The molecule has 76 valence electrons. The Labute approximate surface area is 85.2 Å². The molecule has 1 aliphatic heterocycles. The molecule has 0 unspecified atom stereocenters. The molecule has 0 amide bonds. The summed E-state index contributed by atoms with van der Waals surface area (Å²) in [4.78, 5) is 13.4. The lowest BCUT2D eigenvalue weighted by molar-refractivity contribution is -0.138. The summed E-state index contributed by atoms with van der Waals surface area (Å²) in [5.74, 6) is -0.148. The zero-order valence-corrected chi connectivity index (χ0v) is 8.89. The third-order valence-electron chi connectivity index (χ3n) is 1.95. The molecule has 0 radical (unpaired) electrons. The van der Waals surface area contributed by atoms with Gasteiger partial charge in [0.05, 0.1) is 6.61 Å². The Morgan fingerprint density at radius 2 is 2.38 bits per heavy atom. The minimum absolute atomic E-state index is 0. The molecule has 0 N–H and O–H groups in total. The molecular weight excluding hydrogens is 190 g/mol. The van der Waals surface area contributed by atoms with Crippen LogP contribution in [0.5, 0.6) is 0 Å². The average Bonchev–Trinajstić information content (AvgIpc) is 2.06. The van der Waals surface area contributed by atoms with Crippen LogP contribution in [-0.2, 0) is 9.53 Å². The van der Waals surface area contributed by atoms with E-state index < -0.39 is 0 Å². The maximum absolute atomic E-state index is 11.2. The Hall–Kier alpha value is -0.540. The molecule has 0 atom stereocenters. The molecule has 1 heterocycles. The Morgan fingerprint density at radius 1 is 1.69 bits per heavy atom. The molecule has 4 heteroatoms. The first-order valence-electron chi connectivity index (χ1n) is 4.28. The van der Waals surface area contributed by atoms with Crippen LogP contribution in [0, 0.1) is 0 Å². The number of likely N-dealkylation sites (N-methyl/N-ethyl adjacent to an activating group) is 1. The molecule has 13 heavy (non-hydrogen) atoms. The second-order valence-electron chi connectivity index (χ2n) is 2.96. The lowest BCUT2D eigenvalue weighted by atomic mass is 10.1. The van der Waals surface area contributed by atoms with Gasteiger partial charge in [-0.1, -0.05) is 6.08 Å². The van der Waals surface area contributed by atoms with E-state index >= 15 is 0 Å². The summed E-state index contributed by atoms with van der Waals surface area (Å²) >= 11 is 0. The lowest BCUT2D eigenvalue weighted by Crippen LogP contribution is -2.26. The molecule has 0 fully saturated rings. The van der Waals surface area contributed by atoms with E-state index in [0.29, 0.717) is 6.61 Å². The Balaban J connectivity index is 0.00000144. The fourth-order valence-electron chi connectivity index (χ4n) is 1.18. The number of carbonyl (C=O) groups excluding carboxylic acids is 1. The molecule has 0 aliphatic carbocycles. The van der Waals surface area contributed by atoms with Crippen LogP contribution in [0.2, 0.25) is 0 Å². The predicted molar refractivity (Wildman–Crippen MR) is 54.1 cm³/mol. The van der Waals surface area contributed by atoms with Crippen molar-refractivity contribution in [2.24, 2.45) is 0 Å². The second kappa shape index (κ2) is 6.00. The zero-order chi connectivity index (χ0) is 8.97. The van der Waals surface area contributed by atoms with Gasteiger partial charge in [-0.2, -0.15) is 0 Å². The first kappa shape index (κ1) is 12.5. The molecule has 0 aromatic heterocycles. The van der Waals surface area contributed by atoms with E-state index in [0.717, 1.165) is 25.1 Å². The van der Waals surface area contributed by atoms with Crippen LogP contribution in [0.4, 0.5) is 0 Å². The first-order valence-corrected chi connectivity index (χ1v) is 4.28. The number of nitrogens with zero attached hydrogens (tertiary/aromatic N) is 1. The van der Waals surface area contributed by atoms with E-state index in [-0.39, 0.29) is 18.4 Å². The van der Waals surface area contributed by atoms with Crippen LogP contribution >= 0.6 is 12.4 Å². The van der Waals surface area contributed by atoms with Gasteiger partial charge in [-0.3, -0.25) is 0 Å². The van der Waals surface area contributed by atoms with Crippen molar-refractivity contribution < 1.29 is 9.53 Å². The predicted octanol–water partition coefficient (Wildman–Crippen LogP) is 1.23. The van der Waals surface area contributed by atoms with Gasteiger partial charge in [0.1, 0.15) is 0 Å². The summed E-state index contributed by atoms with van der Waals surface area (Å²) in [5, 5.41) is 0. The molecular formula is C9H16ClNO2. The molecule has 0 saturated heterocycles. The highest BCUT2D eigenvalue weighted by Gasteiger charge is 2.14. The minimum Gasteiger partial charge on any atom is -0.463 e. The summed E-state index contributed by atoms with van der Waals surface area (Å²) < 4.78 is 4.89. The Bertz CT molecular complexity index is 204. The van der Waals surface area contributed by atoms with Crippen LogP contribution in [-0.4, -0.2) is 37.6 Å². The van der Waals surface area contributed by atoms with Crippen molar-refractivity contribution in [1.82, 2.24) is 4.90 Å². The van der Waals surface area contributed by atoms with Crippen LogP contribution < -0.4 is 0 Å². The number of hydrogen-bond acceptors (Lipinski definition) is 3. The number of hydrogen-bond donors (Lipinski definition) is 0. The van der Waals surface area contributed by atoms with Crippen molar-refractivity contribution >= 4 is 18.4 Å². The van der Waals surface area contributed by atoms with Crippen LogP contribution in [0.1, 0.15) is 13.3 Å². The second-order valence-corrected chi connectivity index (χ2v) is 2.96. The van der Waals surface area contributed by atoms with Crippen LogP contribution in [0.25, 0.3) is 0 Å². The largest absolute Gasteiger partial charge is 0.463 e. The van der Waals surface area contributed by atoms with Crippen LogP contribution in [0.15, 0.2) is 11.6 Å². The highest BCUT2D eigenvalue weighted by Crippen LogP contribution is 2.10. The summed E-state index contributed by atoms with van der Waals surface area (Å²) in [6.07, 6.45) is 2.76. The summed E-state index contributed by atoms with van der Waals surface area (Å²) in [7, 11) is 2.04. The molecule has 0 spiro atoms. The van der Waals surface area contributed by atoms with Gasteiger partial charge < -0.3 is 9.64 Å². The van der Waals surface area contributed by atoms with Gasteiger partial charge in [-0.25, -0.2) is 4.79 Å². The van der Waals surface area contributed by atoms with Crippen molar-refractivity contribution in [1.29, 1.82) is 0 Å². The molecule has 1 aliphatic rings. The number of ether oxygens (including phenoxy) is 1. The summed E-state index contributed by atoms with van der Waals surface area (Å²) in [5.41, 5.74) is 0.829. The number of halogens is 1. The standard InChI is InChI=1S/C9H15NO2.ClH/c1-3-12-9(11)8-4-6-10(2)7-5-8;/h4H,3,5-7H2,1-2H3;1H. The highest BCUT2D eigenvalue weighted by atomic mass is 35.5. The van der Waals surface area contributed by atoms with E-state index in [4.69, 9.17) is 4.74 Å². The highest BCUT2D eigenvalue weighted by molar-refractivity contribution is 5.88. The van der Waals surface area contributed by atoms with Crippen molar-refractivity contribution in [2.75, 3.05) is 26.7 Å². The topological polar surface area (TPSA) is 29.5 Å². The SMILES string of the molecule is CCOC(=O)C1=CCN(C)CC1.Cl. The zero-order valence-electron chi connectivity index (χ0n) is 8.08. The van der Waals surface area contributed by atoms with Gasteiger partial charge in [0, 0.05) is 18.7 Å². The molecule has 0 saturated carbocycles. The first-order chi connectivity index (χ1) is 5.74. The third-order valence-corrected chi connectivity index (χ3v) is 1.95. The molecule has 0 aromatic carbocycles. The summed E-state index contributed by atoms with van der Waals surface area (Å²) in [6, 6.07) is 0. The van der Waals surface area contributed by atoms with E-state index in [9.17, 15) is 4.79 Å². The van der Waals surface area contributed by atoms with Gasteiger partial charge in [0.15, 0.2) is 0 Å². The minimum atomic E-state index is -0.148. The monoisotopic (exact) mass is 205 g/mol.